The van der Waals surface area contributed by atoms with Crippen molar-refractivity contribution in [1.82, 2.24) is 14.8 Å². The van der Waals surface area contributed by atoms with Gasteiger partial charge in [-0.2, -0.15) is 0 Å². The number of carbonyl (C=O) groups excluding carboxylic acids is 1. The zero-order valence-electron chi connectivity index (χ0n) is 12.0. The van der Waals surface area contributed by atoms with Gasteiger partial charge in [0.1, 0.15) is 5.69 Å². The number of aromatic nitrogens is 1. The van der Waals surface area contributed by atoms with Crippen LogP contribution in [0.1, 0.15) is 43.2 Å². The van der Waals surface area contributed by atoms with Crippen LogP contribution in [-0.2, 0) is 0 Å². The largest absolute Gasteiger partial charge is 0.397 e. The number of piperidine rings is 1. The first-order chi connectivity index (χ1) is 8.97. The van der Waals surface area contributed by atoms with Crippen molar-refractivity contribution in [3.63, 3.8) is 0 Å². The lowest BCUT2D eigenvalue weighted by atomic mass is 10.1. The van der Waals surface area contributed by atoms with E-state index in [1.165, 1.54) is 0 Å². The van der Waals surface area contributed by atoms with Crippen LogP contribution in [0, 0.1) is 0 Å². The van der Waals surface area contributed by atoms with Gasteiger partial charge in [0, 0.05) is 18.3 Å². The van der Waals surface area contributed by atoms with E-state index in [2.05, 4.69) is 17.3 Å². The number of nitrogens with zero attached hydrogens (tertiary/aromatic N) is 2. The molecule has 1 aliphatic heterocycles. The minimum Gasteiger partial charge on any atom is -0.397 e. The van der Waals surface area contributed by atoms with Gasteiger partial charge in [0.15, 0.2) is 0 Å². The normalized spacial score (nSPS) is 17.9. The smallest absolute Gasteiger partial charge is 0.268 e. The predicted octanol–water partition coefficient (Wildman–Crippen LogP) is 1.48. The van der Waals surface area contributed by atoms with Crippen molar-refractivity contribution >= 4 is 11.6 Å². The summed E-state index contributed by atoms with van der Waals surface area (Å²) in [5.74, 6) is -0.0139. The molecule has 1 saturated heterocycles. The number of hydrogen-bond donors (Lipinski definition) is 2. The van der Waals surface area contributed by atoms with E-state index in [1.54, 1.807) is 6.07 Å². The molecule has 106 valence electrons. The van der Waals surface area contributed by atoms with E-state index in [1.807, 2.05) is 24.6 Å². The average Bonchev–Trinajstić information content (AvgIpc) is 2.74. The molecule has 0 saturated carbocycles. The van der Waals surface area contributed by atoms with Crippen molar-refractivity contribution in [1.29, 1.82) is 0 Å². The Kier molecular flexibility index (Phi) is 4.14. The van der Waals surface area contributed by atoms with E-state index in [-0.39, 0.29) is 18.0 Å². The number of likely N-dealkylation sites (tertiary alicyclic amines) is 1. The lowest BCUT2D eigenvalue weighted by Gasteiger charge is -2.29. The van der Waals surface area contributed by atoms with E-state index in [9.17, 15) is 4.79 Å². The van der Waals surface area contributed by atoms with Crippen molar-refractivity contribution in [2.45, 2.75) is 38.8 Å². The molecule has 0 atom stereocenters. The molecule has 0 unspecified atom stereocenters. The van der Waals surface area contributed by atoms with Crippen molar-refractivity contribution < 1.29 is 4.79 Å². The van der Waals surface area contributed by atoms with Gasteiger partial charge in [-0.3, -0.25) is 4.79 Å². The fraction of sp³-hybridized carbons (Fsp3) is 0.643. The van der Waals surface area contributed by atoms with E-state index in [4.69, 9.17) is 5.73 Å². The van der Waals surface area contributed by atoms with Crippen LogP contribution >= 0.6 is 0 Å². The van der Waals surface area contributed by atoms with Crippen molar-refractivity contribution in [3.05, 3.63) is 18.0 Å². The minimum atomic E-state index is -0.0139. The molecular weight excluding hydrogens is 240 g/mol. The van der Waals surface area contributed by atoms with E-state index in [0.29, 0.717) is 11.4 Å². The molecule has 1 aliphatic rings. The summed E-state index contributed by atoms with van der Waals surface area (Å²) >= 11 is 0. The number of nitrogen functional groups attached to an aromatic ring is 1. The number of nitrogens with two attached hydrogens (primary N) is 1. The van der Waals surface area contributed by atoms with Gasteiger partial charge in [0.25, 0.3) is 5.91 Å². The maximum absolute atomic E-state index is 12.3. The number of carbonyl (C=O) groups is 1. The molecule has 1 aromatic rings. The SMILES string of the molecule is CC(C)n1cc(N)cc1C(=O)NC1CCN(C)CC1. The van der Waals surface area contributed by atoms with Gasteiger partial charge in [-0.15, -0.1) is 0 Å². The Hall–Kier alpha value is -1.49. The van der Waals surface area contributed by atoms with Crippen LogP contribution in [0.4, 0.5) is 5.69 Å². The van der Waals surface area contributed by atoms with Gasteiger partial charge in [-0.25, -0.2) is 0 Å². The topological polar surface area (TPSA) is 63.3 Å². The summed E-state index contributed by atoms with van der Waals surface area (Å²) in [6, 6.07) is 2.26. The summed E-state index contributed by atoms with van der Waals surface area (Å²) < 4.78 is 1.93. The third kappa shape index (κ3) is 3.29. The standard InChI is InChI=1S/C14H24N4O/c1-10(2)18-9-11(15)8-13(18)14(19)16-12-4-6-17(3)7-5-12/h8-10,12H,4-7,15H2,1-3H3,(H,16,19). The molecule has 5 heteroatoms. The highest BCUT2D eigenvalue weighted by Crippen LogP contribution is 2.17. The minimum absolute atomic E-state index is 0.0139. The maximum Gasteiger partial charge on any atom is 0.268 e. The summed E-state index contributed by atoms with van der Waals surface area (Å²) in [5.41, 5.74) is 7.10. The summed E-state index contributed by atoms with van der Waals surface area (Å²) in [4.78, 5) is 14.6. The molecule has 1 fully saturated rings. The first-order valence-electron chi connectivity index (χ1n) is 6.94. The first kappa shape index (κ1) is 13.9. The summed E-state index contributed by atoms with van der Waals surface area (Å²) in [6.45, 7) is 6.17. The molecule has 0 spiro atoms. The fourth-order valence-electron chi connectivity index (χ4n) is 2.52. The second-order valence-corrected chi connectivity index (χ2v) is 5.71. The number of hydrogen-bond acceptors (Lipinski definition) is 3. The lowest BCUT2D eigenvalue weighted by Crippen LogP contribution is -2.43. The van der Waals surface area contributed by atoms with Crippen molar-refractivity contribution in [2.24, 2.45) is 0 Å². The maximum atomic E-state index is 12.3. The van der Waals surface area contributed by atoms with Gasteiger partial charge in [0.2, 0.25) is 0 Å². The summed E-state index contributed by atoms with van der Waals surface area (Å²) in [6.07, 6.45) is 3.86. The van der Waals surface area contributed by atoms with Crippen LogP contribution < -0.4 is 11.1 Å². The van der Waals surface area contributed by atoms with E-state index < -0.39 is 0 Å². The van der Waals surface area contributed by atoms with Crippen molar-refractivity contribution in [3.8, 4) is 0 Å². The zero-order chi connectivity index (χ0) is 14.0. The third-order valence-corrected chi connectivity index (χ3v) is 3.71. The molecule has 0 aliphatic carbocycles. The van der Waals surface area contributed by atoms with Gasteiger partial charge in [0.05, 0.1) is 5.69 Å². The average molecular weight is 264 g/mol. The van der Waals surface area contributed by atoms with Crippen LogP contribution in [0.3, 0.4) is 0 Å². The van der Waals surface area contributed by atoms with Gasteiger partial charge in [-0.05, 0) is 52.9 Å². The second-order valence-electron chi connectivity index (χ2n) is 5.71. The molecule has 1 aromatic heterocycles. The molecule has 19 heavy (non-hydrogen) atoms. The molecular formula is C14H24N4O. The van der Waals surface area contributed by atoms with Gasteiger partial charge < -0.3 is 20.5 Å². The second kappa shape index (κ2) is 5.65. The van der Waals surface area contributed by atoms with Crippen molar-refractivity contribution in [2.75, 3.05) is 25.9 Å². The van der Waals surface area contributed by atoms with Crippen LogP contribution in [0.5, 0.6) is 0 Å². The first-order valence-corrected chi connectivity index (χ1v) is 6.94. The number of rotatable bonds is 3. The Morgan fingerprint density at radius 2 is 2.05 bits per heavy atom. The molecule has 1 amide bonds. The molecule has 2 heterocycles. The molecule has 2 rings (SSSR count). The van der Waals surface area contributed by atoms with Crippen LogP contribution in [0.25, 0.3) is 0 Å². The van der Waals surface area contributed by atoms with Gasteiger partial charge in [-0.1, -0.05) is 0 Å². The zero-order valence-corrected chi connectivity index (χ0v) is 12.0. The molecule has 5 nitrogen and oxygen atoms in total. The third-order valence-electron chi connectivity index (χ3n) is 3.71. The van der Waals surface area contributed by atoms with Crippen LogP contribution in [0.15, 0.2) is 12.3 Å². The Labute approximate surface area is 114 Å². The lowest BCUT2D eigenvalue weighted by molar-refractivity contribution is 0.0906. The van der Waals surface area contributed by atoms with E-state index in [0.717, 1.165) is 25.9 Å². The quantitative estimate of drug-likeness (QED) is 0.869. The Balaban J connectivity index is 2.03. The highest BCUT2D eigenvalue weighted by molar-refractivity contribution is 5.94. The molecule has 3 N–H and O–H groups in total. The Morgan fingerprint density at radius 1 is 1.42 bits per heavy atom. The highest BCUT2D eigenvalue weighted by atomic mass is 16.2. The number of amides is 1. The monoisotopic (exact) mass is 264 g/mol. The summed E-state index contributed by atoms with van der Waals surface area (Å²) in [5, 5.41) is 3.12. The molecule has 0 aromatic carbocycles. The molecule has 0 radical (unpaired) electrons. The number of anilines is 1. The van der Waals surface area contributed by atoms with E-state index >= 15 is 0 Å². The Morgan fingerprint density at radius 3 is 2.63 bits per heavy atom. The predicted molar refractivity (Wildman–Crippen MR) is 77.2 cm³/mol. The fourth-order valence-corrected chi connectivity index (χ4v) is 2.52. The highest BCUT2D eigenvalue weighted by Gasteiger charge is 2.21. The summed E-state index contributed by atoms with van der Waals surface area (Å²) in [7, 11) is 2.11. The molecule has 0 bridgehead atoms. The number of nitrogens with one attached hydrogen (secondary N) is 1. The van der Waals surface area contributed by atoms with Gasteiger partial charge >= 0.3 is 0 Å². The Bertz CT molecular complexity index is 444. The van der Waals surface area contributed by atoms with Crippen LogP contribution in [0.2, 0.25) is 0 Å². The van der Waals surface area contributed by atoms with Crippen LogP contribution in [-0.4, -0.2) is 41.6 Å².